The molecule has 0 heterocycles. The summed E-state index contributed by atoms with van der Waals surface area (Å²) in [7, 11) is 1.76. The van der Waals surface area contributed by atoms with Crippen LogP contribution in [-0.4, -0.2) is 44.0 Å². The normalized spacial score (nSPS) is 11.9. The maximum Gasteiger partial charge on any atom is 0.234 e. The molecule has 1 aromatic carbocycles. The number of benzene rings is 1. The van der Waals surface area contributed by atoms with E-state index in [1.165, 1.54) is 0 Å². The molecule has 1 aromatic rings. The predicted octanol–water partition coefficient (Wildman–Crippen LogP) is 2.48. The highest BCUT2D eigenvalue weighted by Gasteiger charge is 2.20. The fourth-order valence-corrected chi connectivity index (χ4v) is 2.54. The van der Waals surface area contributed by atoms with Crippen LogP contribution in [0.25, 0.3) is 0 Å². The maximum absolute atomic E-state index is 11.6. The van der Waals surface area contributed by atoms with Crippen molar-refractivity contribution < 1.29 is 4.79 Å². The molecule has 1 atom stereocenters. The van der Waals surface area contributed by atoms with Crippen molar-refractivity contribution in [3.8, 4) is 0 Å². The van der Waals surface area contributed by atoms with Crippen LogP contribution in [0, 0.1) is 0 Å². The van der Waals surface area contributed by atoms with Crippen LogP contribution in [0.4, 0.5) is 0 Å². The standard InChI is InChI=1S/C15H24ClN3O.ClH/c1-4-19(5-2)14(10-18-15(20)11-17-3)12-8-6-7-9-13(12)16;/h6-9,14,17H,4-5,10-11H2,1-3H3,(H,18,20);1H. The molecule has 0 aliphatic carbocycles. The quantitative estimate of drug-likeness (QED) is 0.768. The van der Waals surface area contributed by atoms with E-state index in [-0.39, 0.29) is 24.4 Å². The minimum Gasteiger partial charge on any atom is -0.353 e. The summed E-state index contributed by atoms with van der Waals surface area (Å²) in [4.78, 5) is 13.9. The number of halogens is 2. The van der Waals surface area contributed by atoms with Gasteiger partial charge in [0, 0.05) is 11.6 Å². The molecule has 0 aromatic heterocycles. The molecule has 1 rings (SSSR count). The molecule has 120 valence electrons. The van der Waals surface area contributed by atoms with Gasteiger partial charge in [-0.1, -0.05) is 43.6 Å². The molecule has 0 spiro atoms. The van der Waals surface area contributed by atoms with E-state index >= 15 is 0 Å². The van der Waals surface area contributed by atoms with E-state index in [2.05, 4.69) is 29.4 Å². The SMILES string of the molecule is CCN(CC)C(CNC(=O)CNC)c1ccccc1Cl.Cl. The Morgan fingerprint density at radius 2 is 1.90 bits per heavy atom. The van der Waals surface area contributed by atoms with Gasteiger partial charge in [0.15, 0.2) is 0 Å². The van der Waals surface area contributed by atoms with Gasteiger partial charge in [-0.25, -0.2) is 0 Å². The van der Waals surface area contributed by atoms with Crippen LogP contribution in [0.5, 0.6) is 0 Å². The fourth-order valence-electron chi connectivity index (χ4n) is 2.28. The van der Waals surface area contributed by atoms with Crippen molar-refractivity contribution in [1.82, 2.24) is 15.5 Å². The molecule has 4 nitrogen and oxygen atoms in total. The van der Waals surface area contributed by atoms with Crippen molar-refractivity contribution >= 4 is 29.9 Å². The van der Waals surface area contributed by atoms with Crippen molar-refractivity contribution in [2.75, 3.05) is 33.2 Å². The minimum atomic E-state index is -0.00305. The summed E-state index contributed by atoms with van der Waals surface area (Å²) in [5.74, 6) is -0.00305. The van der Waals surface area contributed by atoms with Crippen LogP contribution in [0.3, 0.4) is 0 Å². The van der Waals surface area contributed by atoms with Gasteiger partial charge >= 0.3 is 0 Å². The monoisotopic (exact) mass is 333 g/mol. The molecular weight excluding hydrogens is 309 g/mol. The Hall–Kier alpha value is -0.810. The van der Waals surface area contributed by atoms with Crippen LogP contribution in [-0.2, 0) is 4.79 Å². The average molecular weight is 334 g/mol. The number of rotatable bonds is 8. The summed E-state index contributed by atoms with van der Waals surface area (Å²) in [5, 5.41) is 6.55. The van der Waals surface area contributed by atoms with Crippen molar-refractivity contribution in [3.05, 3.63) is 34.9 Å². The third-order valence-corrected chi connectivity index (χ3v) is 3.69. The Morgan fingerprint density at radius 3 is 2.43 bits per heavy atom. The zero-order valence-corrected chi connectivity index (χ0v) is 14.4. The van der Waals surface area contributed by atoms with E-state index in [0.29, 0.717) is 13.1 Å². The molecule has 0 bridgehead atoms. The molecule has 2 N–H and O–H groups in total. The number of hydrogen-bond acceptors (Lipinski definition) is 3. The van der Waals surface area contributed by atoms with Crippen LogP contribution >= 0.6 is 24.0 Å². The van der Waals surface area contributed by atoms with E-state index < -0.39 is 0 Å². The second-order valence-corrected chi connectivity index (χ2v) is 5.00. The van der Waals surface area contributed by atoms with Crippen LogP contribution in [0.2, 0.25) is 5.02 Å². The summed E-state index contributed by atoms with van der Waals surface area (Å²) < 4.78 is 0. The van der Waals surface area contributed by atoms with Crippen molar-refractivity contribution in [2.45, 2.75) is 19.9 Å². The summed E-state index contributed by atoms with van der Waals surface area (Å²) in [5.41, 5.74) is 1.06. The zero-order chi connectivity index (χ0) is 15.0. The highest BCUT2D eigenvalue weighted by molar-refractivity contribution is 6.31. The van der Waals surface area contributed by atoms with Crippen LogP contribution in [0.1, 0.15) is 25.5 Å². The third-order valence-electron chi connectivity index (χ3n) is 3.35. The van der Waals surface area contributed by atoms with Gasteiger partial charge in [-0.2, -0.15) is 0 Å². The number of likely N-dealkylation sites (N-methyl/N-ethyl adjacent to an activating group) is 2. The molecule has 1 amide bonds. The molecule has 0 saturated carbocycles. The predicted molar refractivity (Wildman–Crippen MR) is 91.3 cm³/mol. The molecule has 0 fully saturated rings. The lowest BCUT2D eigenvalue weighted by atomic mass is 10.0. The number of carbonyl (C=O) groups is 1. The number of carbonyl (C=O) groups excluding carboxylic acids is 1. The van der Waals surface area contributed by atoms with Gasteiger partial charge in [-0.05, 0) is 31.8 Å². The number of hydrogen-bond donors (Lipinski definition) is 2. The molecule has 0 aliphatic heterocycles. The average Bonchev–Trinajstić information content (AvgIpc) is 2.45. The van der Waals surface area contributed by atoms with E-state index in [1.54, 1.807) is 7.05 Å². The fraction of sp³-hybridized carbons (Fsp3) is 0.533. The smallest absolute Gasteiger partial charge is 0.234 e. The summed E-state index contributed by atoms with van der Waals surface area (Å²) in [6.07, 6.45) is 0. The van der Waals surface area contributed by atoms with E-state index in [9.17, 15) is 4.79 Å². The molecule has 21 heavy (non-hydrogen) atoms. The first-order valence-electron chi connectivity index (χ1n) is 7.03. The molecule has 0 aliphatic rings. The van der Waals surface area contributed by atoms with Gasteiger partial charge in [0.1, 0.15) is 0 Å². The summed E-state index contributed by atoms with van der Waals surface area (Å²) >= 11 is 6.30. The highest BCUT2D eigenvalue weighted by Crippen LogP contribution is 2.26. The first-order valence-corrected chi connectivity index (χ1v) is 7.41. The molecule has 0 saturated heterocycles. The minimum absolute atomic E-state index is 0. The first kappa shape index (κ1) is 20.2. The number of amides is 1. The van der Waals surface area contributed by atoms with Gasteiger partial charge in [0.25, 0.3) is 0 Å². The van der Waals surface area contributed by atoms with Crippen molar-refractivity contribution in [3.63, 3.8) is 0 Å². The Balaban J connectivity index is 0.00000400. The van der Waals surface area contributed by atoms with E-state index in [0.717, 1.165) is 23.7 Å². The van der Waals surface area contributed by atoms with Gasteiger partial charge in [0.05, 0.1) is 12.6 Å². The van der Waals surface area contributed by atoms with Gasteiger partial charge in [0.2, 0.25) is 5.91 Å². The zero-order valence-electron chi connectivity index (χ0n) is 12.9. The Bertz CT molecular complexity index is 425. The Kier molecular flexibility index (Phi) is 10.4. The van der Waals surface area contributed by atoms with E-state index in [4.69, 9.17) is 11.6 Å². The molecular formula is C15H25Cl2N3O. The highest BCUT2D eigenvalue weighted by atomic mass is 35.5. The Morgan fingerprint density at radius 1 is 1.29 bits per heavy atom. The Labute approximate surface area is 138 Å². The molecule has 0 radical (unpaired) electrons. The van der Waals surface area contributed by atoms with Crippen molar-refractivity contribution in [2.24, 2.45) is 0 Å². The molecule has 1 unspecified atom stereocenters. The summed E-state index contributed by atoms with van der Waals surface area (Å²) in [6.45, 7) is 6.94. The topological polar surface area (TPSA) is 44.4 Å². The van der Waals surface area contributed by atoms with Crippen LogP contribution in [0.15, 0.2) is 24.3 Å². The third kappa shape index (κ3) is 6.22. The first-order chi connectivity index (χ1) is 9.63. The van der Waals surface area contributed by atoms with Gasteiger partial charge in [-0.3, -0.25) is 9.69 Å². The second kappa shape index (κ2) is 10.9. The second-order valence-electron chi connectivity index (χ2n) is 4.59. The molecule has 6 heteroatoms. The lowest BCUT2D eigenvalue weighted by Gasteiger charge is -2.30. The number of nitrogens with zero attached hydrogens (tertiary/aromatic N) is 1. The lowest BCUT2D eigenvalue weighted by molar-refractivity contribution is -0.120. The largest absolute Gasteiger partial charge is 0.353 e. The van der Waals surface area contributed by atoms with Crippen molar-refractivity contribution in [1.29, 1.82) is 0 Å². The maximum atomic E-state index is 11.6. The van der Waals surface area contributed by atoms with Gasteiger partial charge < -0.3 is 10.6 Å². The number of nitrogens with one attached hydrogen (secondary N) is 2. The van der Waals surface area contributed by atoms with E-state index in [1.807, 2.05) is 24.3 Å². The van der Waals surface area contributed by atoms with Gasteiger partial charge in [-0.15, -0.1) is 12.4 Å². The summed E-state index contributed by atoms with van der Waals surface area (Å²) in [6, 6.07) is 7.91. The lowest BCUT2D eigenvalue weighted by Crippen LogP contribution is -2.40. The van der Waals surface area contributed by atoms with Crippen LogP contribution < -0.4 is 10.6 Å².